The Balaban J connectivity index is 1.98. The summed E-state index contributed by atoms with van der Waals surface area (Å²) in [6.45, 7) is 3.74. The van der Waals surface area contributed by atoms with E-state index in [1.165, 1.54) is 0 Å². The van der Waals surface area contributed by atoms with Gasteiger partial charge >= 0.3 is 0 Å². The molecule has 2 aromatic rings. The van der Waals surface area contributed by atoms with Gasteiger partial charge in [0.05, 0.1) is 17.6 Å². The molecule has 0 N–H and O–H groups in total. The molecule has 94 valence electrons. The predicted molar refractivity (Wildman–Crippen MR) is 71.9 cm³/mol. The molecular weight excluding hydrogens is 226 g/mol. The Bertz CT molecular complexity index is 567. The number of hydrogen-bond donors (Lipinski definition) is 0. The van der Waals surface area contributed by atoms with E-state index in [1.807, 2.05) is 29.1 Å². The van der Waals surface area contributed by atoms with Crippen molar-refractivity contribution in [2.45, 2.75) is 19.8 Å². The fourth-order valence-electron chi connectivity index (χ4n) is 2.25. The second-order valence-electron chi connectivity index (χ2n) is 4.57. The Kier molecular flexibility index (Phi) is 3.11. The molecule has 4 nitrogen and oxygen atoms in total. The van der Waals surface area contributed by atoms with E-state index in [0.29, 0.717) is 5.92 Å². The third kappa shape index (κ3) is 2.04. The highest BCUT2D eigenvalue weighted by molar-refractivity contribution is 5.76. The summed E-state index contributed by atoms with van der Waals surface area (Å²) in [5.41, 5.74) is 2.08. The van der Waals surface area contributed by atoms with Gasteiger partial charge in [-0.1, -0.05) is 19.1 Å². The van der Waals surface area contributed by atoms with Crippen LogP contribution >= 0.6 is 0 Å². The Hall–Kier alpha value is -1.68. The van der Waals surface area contributed by atoms with E-state index in [9.17, 15) is 0 Å². The van der Waals surface area contributed by atoms with Crippen LogP contribution in [0.3, 0.4) is 0 Å². The van der Waals surface area contributed by atoms with Crippen molar-refractivity contribution in [3.63, 3.8) is 0 Å². The second-order valence-corrected chi connectivity index (χ2v) is 4.57. The molecule has 1 saturated heterocycles. The number of benzene rings is 1. The molecular formula is C14H17N3O. The lowest BCUT2D eigenvalue weighted by atomic mass is 10.1. The zero-order chi connectivity index (χ0) is 12.4. The molecule has 0 spiro atoms. The molecule has 0 amide bonds. The molecule has 1 aliphatic heterocycles. The third-order valence-corrected chi connectivity index (χ3v) is 3.28. The lowest BCUT2D eigenvalue weighted by Crippen LogP contribution is -2.04. The highest BCUT2D eigenvalue weighted by atomic mass is 16.5. The van der Waals surface area contributed by atoms with Gasteiger partial charge in [-0.3, -0.25) is 0 Å². The summed E-state index contributed by atoms with van der Waals surface area (Å²) in [4.78, 5) is 4.59. The van der Waals surface area contributed by atoms with E-state index in [-0.39, 0.29) is 0 Å². The monoisotopic (exact) mass is 243 g/mol. The number of aromatic nitrogens is 2. The minimum atomic E-state index is 0.441. The average Bonchev–Trinajstić information content (AvgIpc) is 3.03. The van der Waals surface area contributed by atoms with Gasteiger partial charge in [-0.2, -0.15) is 5.10 Å². The fourth-order valence-corrected chi connectivity index (χ4v) is 2.25. The summed E-state index contributed by atoms with van der Waals surface area (Å²) in [6, 6.07) is 8.12. The van der Waals surface area contributed by atoms with Crippen LogP contribution in [0.2, 0.25) is 0 Å². The minimum Gasteiger partial charge on any atom is -0.381 e. The molecule has 0 saturated carbocycles. The summed E-state index contributed by atoms with van der Waals surface area (Å²) in [7, 11) is 0. The van der Waals surface area contributed by atoms with Crippen LogP contribution in [0.15, 0.2) is 29.4 Å². The molecule has 1 aromatic carbocycles. The van der Waals surface area contributed by atoms with Gasteiger partial charge in [0.1, 0.15) is 5.82 Å². The second kappa shape index (κ2) is 4.90. The lowest BCUT2D eigenvalue weighted by Gasteiger charge is -2.02. The molecule has 1 unspecified atom stereocenters. The molecule has 3 rings (SSSR count). The lowest BCUT2D eigenvalue weighted by molar-refractivity contribution is 0.193. The average molecular weight is 243 g/mol. The van der Waals surface area contributed by atoms with Crippen LogP contribution in [-0.2, 0) is 11.2 Å². The summed E-state index contributed by atoms with van der Waals surface area (Å²) in [6.07, 6.45) is 3.95. The maximum Gasteiger partial charge on any atom is 0.131 e. The Labute approximate surface area is 106 Å². The standard InChI is InChI=1S/C14H17N3O/c1-2-14-16-12-5-3-4-6-13(12)17(14)15-9-11-7-8-18-10-11/h3-6,9,11H,2,7-8,10H2,1H3/b15-9+. The van der Waals surface area contributed by atoms with E-state index in [0.717, 1.165) is 42.9 Å². The van der Waals surface area contributed by atoms with Crippen LogP contribution in [0.25, 0.3) is 11.0 Å². The number of aryl methyl sites for hydroxylation is 1. The van der Waals surface area contributed by atoms with E-state index in [1.54, 1.807) is 0 Å². The first-order valence-corrected chi connectivity index (χ1v) is 6.47. The first-order chi connectivity index (χ1) is 8.88. The highest BCUT2D eigenvalue weighted by Gasteiger charge is 2.14. The summed E-state index contributed by atoms with van der Waals surface area (Å²) in [5, 5.41) is 4.60. The Morgan fingerprint density at radius 2 is 2.39 bits per heavy atom. The fraction of sp³-hybridized carbons (Fsp3) is 0.429. The van der Waals surface area contributed by atoms with Crippen molar-refractivity contribution in [1.29, 1.82) is 0 Å². The zero-order valence-electron chi connectivity index (χ0n) is 10.5. The Morgan fingerprint density at radius 3 is 3.17 bits per heavy atom. The quantitative estimate of drug-likeness (QED) is 0.777. The van der Waals surface area contributed by atoms with Crippen LogP contribution in [0, 0.1) is 5.92 Å². The number of rotatable bonds is 3. The number of para-hydroxylation sites is 2. The van der Waals surface area contributed by atoms with E-state index in [4.69, 9.17) is 4.74 Å². The smallest absolute Gasteiger partial charge is 0.131 e. The van der Waals surface area contributed by atoms with Crippen LogP contribution < -0.4 is 0 Å². The predicted octanol–water partition coefficient (Wildman–Crippen LogP) is 2.47. The zero-order valence-corrected chi connectivity index (χ0v) is 10.5. The van der Waals surface area contributed by atoms with Crippen molar-refractivity contribution >= 4 is 17.2 Å². The molecule has 0 bridgehead atoms. The molecule has 2 heterocycles. The van der Waals surface area contributed by atoms with Crippen molar-refractivity contribution in [2.75, 3.05) is 13.2 Å². The number of imidazole rings is 1. The van der Waals surface area contributed by atoms with Gasteiger partial charge < -0.3 is 4.74 Å². The molecule has 0 radical (unpaired) electrons. The van der Waals surface area contributed by atoms with Gasteiger partial charge in [-0.25, -0.2) is 9.66 Å². The van der Waals surface area contributed by atoms with Gasteiger partial charge in [0.15, 0.2) is 0 Å². The van der Waals surface area contributed by atoms with Crippen LogP contribution in [0.5, 0.6) is 0 Å². The summed E-state index contributed by atoms with van der Waals surface area (Å²) >= 11 is 0. The van der Waals surface area contributed by atoms with Crippen molar-refractivity contribution in [2.24, 2.45) is 11.0 Å². The van der Waals surface area contributed by atoms with Gasteiger partial charge in [-0.05, 0) is 18.6 Å². The maximum absolute atomic E-state index is 5.35. The largest absolute Gasteiger partial charge is 0.381 e. The normalized spacial score (nSPS) is 20.2. The number of hydrogen-bond acceptors (Lipinski definition) is 3. The number of nitrogens with zero attached hydrogens (tertiary/aromatic N) is 3. The molecule has 0 aliphatic carbocycles. The van der Waals surface area contributed by atoms with E-state index < -0.39 is 0 Å². The van der Waals surface area contributed by atoms with E-state index >= 15 is 0 Å². The molecule has 1 fully saturated rings. The topological polar surface area (TPSA) is 39.4 Å². The summed E-state index contributed by atoms with van der Waals surface area (Å²) in [5.74, 6) is 1.45. The van der Waals surface area contributed by atoms with Crippen molar-refractivity contribution in [1.82, 2.24) is 9.66 Å². The van der Waals surface area contributed by atoms with Gasteiger partial charge in [-0.15, -0.1) is 0 Å². The molecule has 1 aliphatic rings. The first kappa shape index (κ1) is 11.4. The maximum atomic E-state index is 5.35. The van der Waals surface area contributed by atoms with Crippen LogP contribution in [-0.4, -0.2) is 29.1 Å². The van der Waals surface area contributed by atoms with E-state index in [2.05, 4.69) is 23.1 Å². The van der Waals surface area contributed by atoms with Gasteiger partial charge in [0.2, 0.25) is 0 Å². The van der Waals surface area contributed by atoms with Crippen LogP contribution in [0.4, 0.5) is 0 Å². The first-order valence-electron chi connectivity index (χ1n) is 6.47. The highest BCUT2D eigenvalue weighted by Crippen LogP contribution is 2.17. The molecule has 1 aromatic heterocycles. The number of ether oxygens (including phenoxy) is 1. The number of fused-ring (bicyclic) bond motifs is 1. The molecule has 18 heavy (non-hydrogen) atoms. The molecule has 4 heteroatoms. The van der Waals surface area contributed by atoms with Crippen LogP contribution in [0.1, 0.15) is 19.2 Å². The summed E-state index contributed by atoms with van der Waals surface area (Å²) < 4.78 is 7.31. The molecule has 1 atom stereocenters. The van der Waals surface area contributed by atoms with Crippen molar-refractivity contribution in [3.05, 3.63) is 30.1 Å². The SMILES string of the molecule is CCc1nc2ccccc2n1/N=C/C1CCOC1. The third-order valence-electron chi connectivity index (χ3n) is 3.28. The Morgan fingerprint density at radius 1 is 1.50 bits per heavy atom. The van der Waals surface area contributed by atoms with Crippen molar-refractivity contribution < 1.29 is 4.74 Å². The van der Waals surface area contributed by atoms with Crippen molar-refractivity contribution in [3.8, 4) is 0 Å². The minimum absolute atomic E-state index is 0.441. The van der Waals surface area contributed by atoms with Gasteiger partial charge in [0, 0.05) is 25.2 Å². The van der Waals surface area contributed by atoms with Gasteiger partial charge in [0.25, 0.3) is 0 Å².